The Balaban J connectivity index is 1.62. The van der Waals surface area contributed by atoms with Gasteiger partial charge in [-0.1, -0.05) is 13.8 Å². The highest BCUT2D eigenvalue weighted by atomic mass is 16.7. The molecule has 1 aromatic carbocycles. The number of carbonyl (C=O) groups excluding carboxylic acids is 1. The number of ether oxygens (including phenoxy) is 2. The van der Waals surface area contributed by atoms with Crippen molar-refractivity contribution in [3.63, 3.8) is 0 Å². The molecule has 1 atom stereocenters. The van der Waals surface area contributed by atoms with E-state index in [4.69, 9.17) is 13.9 Å². The minimum atomic E-state index is -0.0531. The third-order valence-electron chi connectivity index (χ3n) is 4.87. The van der Waals surface area contributed by atoms with Crippen LogP contribution >= 0.6 is 0 Å². The van der Waals surface area contributed by atoms with Gasteiger partial charge in [-0.05, 0) is 45.1 Å². The first-order valence-corrected chi connectivity index (χ1v) is 9.38. The number of aryl methyl sites for hydroxylation is 1. The van der Waals surface area contributed by atoms with Crippen molar-refractivity contribution in [2.24, 2.45) is 0 Å². The Bertz CT molecular complexity index is 799. The average molecular weight is 373 g/mol. The average Bonchev–Trinajstić information content (AvgIpc) is 3.27. The number of likely N-dealkylation sites (N-methyl/N-ethyl adjacent to an activating group) is 1. The molecule has 2 aromatic rings. The van der Waals surface area contributed by atoms with E-state index in [9.17, 15) is 4.79 Å². The van der Waals surface area contributed by atoms with E-state index in [0.29, 0.717) is 41.4 Å². The zero-order valence-corrected chi connectivity index (χ0v) is 16.4. The predicted molar refractivity (Wildman–Crippen MR) is 102 cm³/mol. The Hall–Kier alpha value is -2.54. The zero-order valence-electron chi connectivity index (χ0n) is 16.4. The molecule has 1 aliphatic heterocycles. The van der Waals surface area contributed by atoms with Crippen molar-refractivity contribution in [3.8, 4) is 23.0 Å². The second kappa shape index (κ2) is 8.43. The predicted octanol–water partition coefficient (Wildman–Crippen LogP) is 2.77. The van der Waals surface area contributed by atoms with Crippen LogP contribution in [0.3, 0.4) is 0 Å². The monoisotopic (exact) mass is 373 g/mol. The third-order valence-corrected chi connectivity index (χ3v) is 4.87. The Morgan fingerprint density at radius 3 is 2.74 bits per heavy atom. The molecule has 1 N–H and O–H groups in total. The van der Waals surface area contributed by atoms with Gasteiger partial charge in [-0.25, -0.2) is 4.98 Å². The summed E-state index contributed by atoms with van der Waals surface area (Å²) in [4.78, 5) is 19.1. The second-order valence-electron chi connectivity index (χ2n) is 6.64. The smallest absolute Gasteiger partial charge is 0.231 e. The molecule has 0 bridgehead atoms. The lowest BCUT2D eigenvalue weighted by Gasteiger charge is -2.26. The number of rotatable bonds is 8. The van der Waals surface area contributed by atoms with Gasteiger partial charge in [0.25, 0.3) is 0 Å². The number of fused-ring (bicyclic) bond motifs is 1. The number of hydrogen-bond donors (Lipinski definition) is 1. The van der Waals surface area contributed by atoms with Gasteiger partial charge in [0.15, 0.2) is 11.5 Å². The van der Waals surface area contributed by atoms with Gasteiger partial charge in [-0.15, -0.1) is 0 Å². The second-order valence-corrected chi connectivity index (χ2v) is 6.64. The lowest BCUT2D eigenvalue weighted by Crippen LogP contribution is -2.42. The highest BCUT2D eigenvalue weighted by molar-refractivity contribution is 5.78. The summed E-state index contributed by atoms with van der Waals surface area (Å²) in [5.41, 5.74) is 1.44. The van der Waals surface area contributed by atoms with Gasteiger partial charge >= 0.3 is 0 Å². The molecule has 1 unspecified atom stereocenters. The minimum Gasteiger partial charge on any atom is -0.454 e. The quantitative estimate of drug-likeness (QED) is 0.767. The van der Waals surface area contributed by atoms with Crippen molar-refractivity contribution in [1.82, 2.24) is 15.2 Å². The maximum atomic E-state index is 12.3. The van der Waals surface area contributed by atoms with E-state index in [1.54, 1.807) is 0 Å². The normalized spacial score (nSPS) is 13.8. The highest BCUT2D eigenvalue weighted by Gasteiger charge is 2.19. The molecule has 146 valence electrons. The molecule has 27 heavy (non-hydrogen) atoms. The molecule has 1 aliphatic rings. The van der Waals surface area contributed by atoms with Crippen LogP contribution in [0.25, 0.3) is 11.5 Å². The van der Waals surface area contributed by atoms with Crippen LogP contribution in [0, 0.1) is 6.92 Å². The summed E-state index contributed by atoms with van der Waals surface area (Å²) in [6.45, 7) is 11.0. The summed E-state index contributed by atoms with van der Waals surface area (Å²) in [5.74, 6) is 2.46. The first-order chi connectivity index (χ1) is 13.0. The van der Waals surface area contributed by atoms with E-state index in [2.05, 4.69) is 36.0 Å². The molecular weight excluding hydrogens is 346 g/mol. The molecule has 7 heteroatoms. The molecule has 0 fully saturated rings. The number of nitrogens with one attached hydrogen (secondary N) is 1. The Kier molecular flexibility index (Phi) is 6.01. The maximum Gasteiger partial charge on any atom is 0.231 e. The van der Waals surface area contributed by atoms with Crippen molar-refractivity contribution >= 4 is 5.91 Å². The van der Waals surface area contributed by atoms with Crippen molar-refractivity contribution < 1.29 is 18.7 Å². The Morgan fingerprint density at radius 2 is 2.00 bits per heavy atom. The van der Waals surface area contributed by atoms with Crippen LogP contribution in [0.15, 0.2) is 22.6 Å². The van der Waals surface area contributed by atoms with Crippen molar-refractivity contribution in [1.29, 1.82) is 0 Å². The molecule has 0 radical (unpaired) electrons. The van der Waals surface area contributed by atoms with Gasteiger partial charge in [-0.3, -0.25) is 9.69 Å². The summed E-state index contributed by atoms with van der Waals surface area (Å²) >= 11 is 0. The third kappa shape index (κ3) is 4.42. The van der Waals surface area contributed by atoms with Gasteiger partial charge in [0.2, 0.25) is 18.6 Å². The van der Waals surface area contributed by atoms with Gasteiger partial charge in [0.05, 0.1) is 12.1 Å². The Morgan fingerprint density at radius 1 is 1.26 bits per heavy atom. The SMILES string of the molecule is CCN(CC)C(C)CNC(=O)Cc1nc(-c2ccc3c(c2)OCO3)oc1C. The van der Waals surface area contributed by atoms with E-state index in [1.165, 1.54) is 0 Å². The lowest BCUT2D eigenvalue weighted by molar-refractivity contribution is -0.120. The first-order valence-electron chi connectivity index (χ1n) is 9.38. The summed E-state index contributed by atoms with van der Waals surface area (Å²) in [7, 11) is 0. The summed E-state index contributed by atoms with van der Waals surface area (Å²) in [6.07, 6.45) is 0.199. The number of oxazole rings is 1. The van der Waals surface area contributed by atoms with E-state index in [-0.39, 0.29) is 19.1 Å². The number of aromatic nitrogens is 1. The summed E-state index contributed by atoms with van der Waals surface area (Å²) in [6, 6.07) is 5.84. The molecule has 0 aliphatic carbocycles. The molecular formula is C20H27N3O4. The Labute approximate surface area is 159 Å². The summed E-state index contributed by atoms with van der Waals surface area (Å²) in [5, 5.41) is 2.99. The molecule has 0 saturated carbocycles. The number of carbonyl (C=O) groups is 1. The maximum absolute atomic E-state index is 12.3. The van der Waals surface area contributed by atoms with Crippen LogP contribution in [0.5, 0.6) is 11.5 Å². The van der Waals surface area contributed by atoms with Crippen molar-refractivity contribution in [3.05, 3.63) is 29.7 Å². The fourth-order valence-electron chi connectivity index (χ4n) is 3.20. The summed E-state index contributed by atoms with van der Waals surface area (Å²) < 4.78 is 16.5. The molecule has 1 aromatic heterocycles. The van der Waals surface area contributed by atoms with E-state index >= 15 is 0 Å². The van der Waals surface area contributed by atoms with E-state index < -0.39 is 0 Å². The van der Waals surface area contributed by atoms with Gasteiger partial charge in [-0.2, -0.15) is 0 Å². The van der Waals surface area contributed by atoms with Gasteiger partial charge in [0.1, 0.15) is 5.76 Å². The van der Waals surface area contributed by atoms with Gasteiger partial charge < -0.3 is 19.2 Å². The number of benzene rings is 1. The van der Waals surface area contributed by atoms with Crippen molar-refractivity contribution in [2.75, 3.05) is 26.4 Å². The fraction of sp³-hybridized carbons (Fsp3) is 0.500. The minimum absolute atomic E-state index is 0.0531. The molecule has 7 nitrogen and oxygen atoms in total. The number of nitrogens with zero attached hydrogens (tertiary/aromatic N) is 2. The number of amides is 1. The standard InChI is InChI=1S/C20H27N3O4/c1-5-23(6-2)13(3)11-21-19(24)10-16-14(4)27-20(22-16)15-7-8-17-18(9-15)26-12-25-17/h7-9,13H,5-6,10-12H2,1-4H3,(H,21,24). The van der Waals surface area contributed by atoms with E-state index in [0.717, 1.165) is 18.7 Å². The lowest BCUT2D eigenvalue weighted by atomic mass is 10.2. The molecule has 0 saturated heterocycles. The molecule has 0 spiro atoms. The zero-order chi connectivity index (χ0) is 19.4. The largest absolute Gasteiger partial charge is 0.454 e. The molecule has 2 heterocycles. The van der Waals surface area contributed by atoms with Crippen LogP contribution in [0.4, 0.5) is 0 Å². The number of hydrogen-bond acceptors (Lipinski definition) is 6. The molecule has 3 rings (SSSR count). The van der Waals surface area contributed by atoms with Crippen molar-refractivity contribution in [2.45, 2.75) is 40.2 Å². The van der Waals surface area contributed by atoms with E-state index in [1.807, 2.05) is 25.1 Å². The molecule has 1 amide bonds. The van der Waals surface area contributed by atoms with Crippen LogP contribution in [0.1, 0.15) is 32.2 Å². The van der Waals surface area contributed by atoms with Gasteiger partial charge in [0, 0.05) is 18.2 Å². The first kappa shape index (κ1) is 19.2. The topological polar surface area (TPSA) is 76.8 Å². The fourth-order valence-corrected chi connectivity index (χ4v) is 3.20. The van der Waals surface area contributed by atoms with Crippen LogP contribution in [0.2, 0.25) is 0 Å². The van der Waals surface area contributed by atoms with Crippen LogP contribution in [-0.4, -0.2) is 48.3 Å². The van der Waals surface area contributed by atoms with Crippen LogP contribution < -0.4 is 14.8 Å². The highest BCUT2D eigenvalue weighted by Crippen LogP contribution is 2.36. The van der Waals surface area contributed by atoms with Crippen LogP contribution in [-0.2, 0) is 11.2 Å².